The number of hydrogen-bond donors (Lipinski definition) is 1. The molecule has 0 aliphatic heterocycles. The molecule has 1 atom stereocenters. The Morgan fingerprint density at radius 1 is 1.54 bits per heavy atom. The molecule has 13 heavy (non-hydrogen) atoms. The van der Waals surface area contributed by atoms with E-state index < -0.39 is 0 Å². The quantitative estimate of drug-likeness (QED) is 0.763. The zero-order valence-electron chi connectivity index (χ0n) is 7.86. The molecule has 2 heteroatoms. The third-order valence-corrected chi connectivity index (χ3v) is 1.96. The molecule has 2 N–H and O–H groups in total. The monoisotopic (exact) mass is 177 g/mol. The molecule has 0 radical (unpaired) electrons. The maximum absolute atomic E-state index is 5.91. The SMILES string of the molecule is C=Cc1ccccc1[C@H](N)COC. The lowest BCUT2D eigenvalue weighted by atomic mass is 10.0. The Kier molecular flexibility index (Phi) is 3.68. The highest BCUT2D eigenvalue weighted by Crippen LogP contribution is 2.16. The Hall–Kier alpha value is -1.12. The Morgan fingerprint density at radius 3 is 2.85 bits per heavy atom. The van der Waals surface area contributed by atoms with Gasteiger partial charge in [-0.3, -0.25) is 0 Å². The number of ether oxygens (including phenoxy) is 1. The topological polar surface area (TPSA) is 35.2 Å². The molecule has 0 aliphatic rings. The number of rotatable bonds is 4. The lowest BCUT2D eigenvalue weighted by molar-refractivity contribution is 0.181. The second-order valence-corrected chi connectivity index (χ2v) is 2.89. The van der Waals surface area contributed by atoms with Crippen LogP contribution >= 0.6 is 0 Å². The molecule has 0 heterocycles. The number of nitrogens with two attached hydrogens (primary N) is 1. The van der Waals surface area contributed by atoms with Crippen LogP contribution in [0.1, 0.15) is 17.2 Å². The van der Waals surface area contributed by atoms with Crippen LogP contribution in [-0.4, -0.2) is 13.7 Å². The first-order valence-corrected chi connectivity index (χ1v) is 4.25. The van der Waals surface area contributed by atoms with Crippen molar-refractivity contribution in [3.8, 4) is 0 Å². The van der Waals surface area contributed by atoms with Gasteiger partial charge in [-0.15, -0.1) is 0 Å². The van der Waals surface area contributed by atoms with Crippen LogP contribution in [-0.2, 0) is 4.74 Å². The fraction of sp³-hybridized carbons (Fsp3) is 0.273. The maximum Gasteiger partial charge on any atom is 0.0655 e. The predicted molar refractivity (Wildman–Crippen MR) is 55.3 cm³/mol. The van der Waals surface area contributed by atoms with Gasteiger partial charge >= 0.3 is 0 Å². The summed E-state index contributed by atoms with van der Waals surface area (Å²) in [6.07, 6.45) is 1.81. The zero-order chi connectivity index (χ0) is 9.68. The lowest BCUT2D eigenvalue weighted by Crippen LogP contribution is -2.17. The molecule has 0 bridgehead atoms. The molecule has 0 saturated carbocycles. The van der Waals surface area contributed by atoms with Crippen LogP contribution in [0.2, 0.25) is 0 Å². The Labute approximate surface area is 79.0 Å². The maximum atomic E-state index is 5.91. The van der Waals surface area contributed by atoms with Gasteiger partial charge in [-0.25, -0.2) is 0 Å². The molecular formula is C11H15NO. The average Bonchev–Trinajstić information content (AvgIpc) is 2.18. The van der Waals surface area contributed by atoms with E-state index in [9.17, 15) is 0 Å². The summed E-state index contributed by atoms with van der Waals surface area (Å²) < 4.78 is 5.00. The molecule has 0 spiro atoms. The third kappa shape index (κ3) is 2.41. The van der Waals surface area contributed by atoms with Gasteiger partial charge < -0.3 is 10.5 Å². The smallest absolute Gasteiger partial charge is 0.0655 e. The van der Waals surface area contributed by atoms with Crippen molar-refractivity contribution in [3.05, 3.63) is 42.0 Å². The van der Waals surface area contributed by atoms with Gasteiger partial charge in [0.25, 0.3) is 0 Å². The zero-order valence-corrected chi connectivity index (χ0v) is 7.86. The van der Waals surface area contributed by atoms with E-state index in [-0.39, 0.29) is 6.04 Å². The van der Waals surface area contributed by atoms with Crippen molar-refractivity contribution >= 4 is 6.08 Å². The van der Waals surface area contributed by atoms with Gasteiger partial charge in [0.2, 0.25) is 0 Å². The van der Waals surface area contributed by atoms with Crippen molar-refractivity contribution in [3.63, 3.8) is 0 Å². The fourth-order valence-electron chi connectivity index (χ4n) is 1.30. The van der Waals surface area contributed by atoms with E-state index in [0.717, 1.165) is 11.1 Å². The van der Waals surface area contributed by atoms with Crippen LogP contribution in [0.5, 0.6) is 0 Å². The predicted octanol–water partition coefficient (Wildman–Crippen LogP) is 1.98. The van der Waals surface area contributed by atoms with Gasteiger partial charge in [-0.1, -0.05) is 36.9 Å². The fourth-order valence-corrected chi connectivity index (χ4v) is 1.30. The molecule has 0 aliphatic carbocycles. The van der Waals surface area contributed by atoms with Crippen molar-refractivity contribution in [2.24, 2.45) is 5.73 Å². The molecule has 2 nitrogen and oxygen atoms in total. The van der Waals surface area contributed by atoms with E-state index in [1.54, 1.807) is 7.11 Å². The van der Waals surface area contributed by atoms with Crippen molar-refractivity contribution in [1.82, 2.24) is 0 Å². The standard InChI is InChI=1S/C11H15NO/c1-3-9-6-4-5-7-10(9)11(12)8-13-2/h3-7,11H,1,8,12H2,2H3/t11-/m1/s1. The molecule has 1 rings (SSSR count). The largest absolute Gasteiger partial charge is 0.383 e. The number of benzene rings is 1. The molecule has 70 valence electrons. The minimum Gasteiger partial charge on any atom is -0.383 e. The van der Waals surface area contributed by atoms with Crippen molar-refractivity contribution in [1.29, 1.82) is 0 Å². The summed E-state index contributed by atoms with van der Waals surface area (Å²) in [6, 6.07) is 7.87. The van der Waals surface area contributed by atoms with E-state index in [1.165, 1.54) is 0 Å². The molecule has 0 aromatic heterocycles. The summed E-state index contributed by atoms with van der Waals surface area (Å²) in [6.45, 7) is 4.27. The summed E-state index contributed by atoms with van der Waals surface area (Å²) in [5.74, 6) is 0. The van der Waals surface area contributed by atoms with E-state index in [2.05, 4.69) is 6.58 Å². The first-order chi connectivity index (χ1) is 6.29. The lowest BCUT2D eigenvalue weighted by Gasteiger charge is -2.13. The van der Waals surface area contributed by atoms with Crippen molar-refractivity contribution < 1.29 is 4.74 Å². The minimum atomic E-state index is -0.0702. The van der Waals surface area contributed by atoms with Crippen LogP contribution in [0.15, 0.2) is 30.8 Å². The van der Waals surface area contributed by atoms with Crippen LogP contribution in [0.3, 0.4) is 0 Å². The molecule has 0 saturated heterocycles. The summed E-state index contributed by atoms with van der Waals surface area (Å²) in [7, 11) is 1.65. The molecular weight excluding hydrogens is 162 g/mol. The number of methoxy groups -OCH3 is 1. The highest BCUT2D eigenvalue weighted by Gasteiger charge is 2.07. The van der Waals surface area contributed by atoms with Crippen LogP contribution in [0.4, 0.5) is 0 Å². The summed E-state index contributed by atoms with van der Waals surface area (Å²) in [5.41, 5.74) is 8.07. The third-order valence-electron chi connectivity index (χ3n) is 1.96. The van der Waals surface area contributed by atoms with Gasteiger partial charge in [0, 0.05) is 7.11 Å². The summed E-state index contributed by atoms with van der Waals surface area (Å²) >= 11 is 0. The molecule has 1 aromatic carbocycles. The van der Waals surface area contributed by atoms with Crippen molar-refractivity contribution in [2.45, 2.75) is 6.04 Å². The first-order valence-electron chi connectivity index (χ1n) is 4.25. The van der Waals surface area contributed by atoms with Crippen LogP contribution < -0.4 is 5.73 Å². The van der Waals surface area contributed by atoms with Gasteiger partial charge in [-0.2, -0.15) is 0 Å². The molecule has 0 fully saturated rings. The van der Waals surface area contributed by atoms with Gasteiger partial charge in [0.05, 0.1) is 12.6 Å². The Balaban J connectivity index is 2.91. The highest BCUT2D eigenvalue weighted by molar-refractivity contribution is 5.52. The Bertz CT molecular complexity index is 283. The summed E-state index contributed by atoms with van der Waals surface area (Å²) in [4.78, 5) is 0. The number of hydrogen-bond acceptors (Lipinski definition) is 2. The minimum absolute atomic E-state index is 0.0702. The second-order valence-electron chi connectivity index (χ2n) is 2.89. The van der Waals surface area contributed by atoms with Crippen LogP contribution in [0.25, 0.3) is 6.08 Å². The molecule has 1 aromatic rings. The summed E-state index contributed by atoms with van der Waals surface area (Å²) in [5, 5.41) is 0. The molecule has 0 unspecified atom stereocenters. The molecule has 0 amide bonds. The first kappa shape index (κ1) is 9.96. The van der Waals surface area contributed by atoms with E-state index in [4.69, 9.17) is 10.5 Å². The second kappa shape index (κ2) is 4.80. The average molecular weight is 177 g/mol. The van der Waals surface area contributed by atoms with Gasteiger partial charge in [0.15, 0.2) is 0 Å². The highest BCUT2D eigenvalue weighted by atomic mass is 16.5. The van der Waals surface area contributed by atoms with Crippen molar-refractivity contribution in [2.75, 3.05) is 13.7 Å². The van der Waals surface area contributed by atoms with E-state index in [1.807, 2.05) is 30.3 Å². The van der Waals surface area contributed by atoms with E-state index >= 15 is 0 Å². The Morgan fingerprint density at radius 2 is 2.23 bits per heavy atom. The van der Waals surface area contributed by atoms with Crippen LogP contribution in [0, 0.1) is 0 Å². The van der Waals surface area contributed by atoms with E-state index in [0.29, 0.717) is 6.61 Å². The normalized spacial score (nSPS) is 12.5. The van der Waals surface area contributed by atoms with Gasteiger partial charge in [-0.05, 0) is 11.1 Å². The van der Waals surface area contributed by atoms with Gasteiger partial charge in [0.1, 0.15) is 0 Å².